The molecule has 1 aromatic carbocycles. The number of fused-ring (bicyclic) bond motifs is 1. The highest BCUT2D eigenvalue weighted by Crippen LogP contribution is 2.19. The lowest BCUT2D eigenvalue weighted by molar-refractivity contribution is 0.0767. The summed E-state index contributed by atoms with van der Waals surface area (Å²) in [6.07, 6.45) is 3.91. The van der Waals surface area contributed by atoms with E-state index >= 15 is 0 Å². The van der Waals surface area contributed by atoms with Crippen LogP contribution in [0.3, 0.4) is 0 Å². The number of nitrogens with one attached hydrogen (secondary N) is 1. The first-order chi connectivity index (χ1) is 13.2. The molecule has 27 heavy (non-hydrogen) atoms. The topological polar surface area (TPSA) is 102 Å². The highest BCUT2D eigenvalue weighted by Gasteiger charge is 2.23. The molecular formula is C19H19N7O. The van der Waals surface area contributed by atoms with Crippen molar-refractivity contribution in [2.45, 2.75) is 13.3 Å². The summed E-state index contributed by atoms with van der Waals surface area (Å²) < 4.78 is 0. The van der Waals surface area contributed by atoms with Crippen molar-refractivity contribution in [3.05, 3.63) is 47.7 Å². The first kappa shape index (κ1) is 17.0. The van der Waals surface area contributed by atoms with E-state index in [0.717, 1.165) is 29.8 Å². The van der Waals surface area contributed by atoms with E-state index < -0.39 is 0 Å². The Morgan fingerprint density at radius 2 is 2.04 bits per heavy atom. The Morgan fingerprint density at radius 3 is 2.89 bits per heavy atom. The number of rotatable bonds is 2. The Labute approximate surface area is 156 Å². The van der Waals surface area contributed by atoms with Crippen molar-refractivity contribution in [3.8, 4) is 6.07 Å². The molecular weight excluding hydrogens is 342 g/mol. The maximum atomic E-state index is 13.0. The van der Waals surface area contributed by atoms with Gasteiger partial charge < -0.3 is 14.8 Å². The van der Waals surface area contributed by atoms with Crippen LogP contribution in [0.5, 0.6) is 0 Å². The van der Waals surface area contributed by atoms with Gasteiger partial charge in [0.25, 0.3) is 5.91 Å². The molecule has 0 spiro atoms. The van der Waals surface area contributed by atoms with Gasteiger partial charge in [-0.25, -0.2) is 15.0 Å². The molecule has 0 unspecified atom stereocenters. The number of hydrogen-bond donors (Lipinski definition) is 1. The molecule has 2 aromatic heterocycles. The van der Waals surface area contributed by atoms with Crippen LogP contribution >= 0.6 is 0 Å². The third-order valence-corrected chi connectivity index (χ3v) is 4.71. The van der Waals surface area contributed by atoms with Crippen LogP contribution in [-0.2, 0) is 0 Å². The summed E-state index contributed by atoms with van der Waals surface area (Å²) in [5.41, 5.74) is 2.69. The maximum Gasteiger partial charge on any atom is 0.253 e. The largest absolute Gasteiger partial charge is 0.352 e. The van der Waals surface area contributed by atoms with Gasteiger partial charge in [-0.1, -0.05) is 0 Å². The van der Waals surface area contributed by atoms with Crippen LogP contribution in [0.2, 0.25) is 0 Å². The zero-order valence-corrected chi connectivity index (χ0v) is 15.0. The normalized spacial score (nSPS) is 14.8. The summed E-state index contributed by atoms with van der Waals surface area (Å²) in [4.78, 5) is 32.8. The van der Waals surface area contributed by atoms with Crippen LogP contribution in [0.15, 0.2) is 30.6 Å². The van der Waals surface area contributed by atoms with Crippen molar-refractivity contribution in [3.63, 3.8) is 0 Å². The fourth-order valence-corrected chi connectivity index (χ4v) is 3.43. The molecule has 8 heteroatoms. The van der Waals surface area contributed by atoms with E-state index in [1.165, 1.54) is 6.20 Å². The van der Waals surface area contributed by atoms with E-state index in [1.54, 1.807) is 6.20 Å². The van der Waals surface area contributed by atoms with Crippen molar-refractivity contribution < 1.29 is 4.79 Å². The number of amides is 1. The Balaban J connectivity index is 1.51. The van der Waals surface area contributed by atoms with Crippen LogP contribution in [0.25, 0.3) is 11.0 Å². The molecule has 1 fully saturated rings. The number of hydrogen-bond acceptors (Lipinski definition) is 6. The van der Waals surface area contributed by atoms with E-state index in [0.29, 0.717) is 36.7 Å². The van der Waals surface area contributed by atoms with Crippen LogP contribution in [0.4, 0.5) is 5.82 Å². The van der Waals surface area contributed by atoms with Gasteiger partial charge in [0.15, 0.2) is 11.5 Å². The number of benzene rings is 1. The summed E-state index contributed by atoms with van der Waals surface area (Å²) in [5, 5.41) is 9.24. The average Bonchev–Trinajstić information content (AvgIpc) is 2.90. The summed E-state index contributed by atoms with van der Waals surface area (Å²) >= 11 is 0. The molecule has 0 bridgehead atoms. The molecule has 3 heterocycles. The van der Waals surface area contributed by atoms with Crippen molar-refractivity contribution in [2.24, 2.45) is 0 Å². The molecule has 136 valence electrons. The molecule has 4 rings (SSSR count). The second-order valence-corrected chi connectivity index (χ2v) is 6.53. The van der Waals surface area contributed by atoms with Gasteiger partial charge in [-0.2, -0.15) is 5.26 Å². The standard InChI is InChI=1S/C19H19N7O/c1-13-23-15-4-3-14(11-16(15)24-13)19(27)26-8-2-7-25(9-10-26)18-17(12-20)21-5-6-22-18/h3-6,11H,2,7-10H2,1H3,(H,23,24). The van der Waals surface area contributed by atoms with Gasteiger partial charge in [0.05, 0.1) is 11.0 Å². The van der Waals surface area contributed by atoms with Crippen LogP contribution in [0, 0.1) is 18.3 Å². The second kappa shape index (κ2) is 7.03. The Hall–Kier alpha value is -3.47. The molecule has 0 saturated carbocycles. The highest BCUT2D eigenvalue weighted by molar-refractivity contribution is 5.97. The van der Waals surface area contributed by atoms with Crippen molar-refractivity contribution >= 4 is 22.8 Å². The number of aromatic amines is 1. The van der Waals surface area contributed by atoms with E-state index in [4.69, 9.17) is 0 Å². The number of carbonyl (C=O) groups excluding carboxylic acids is 1. The summed E-state index contributed by atoms with van der Waals surface area (Å²) in [5.74, 6) is 1.42. The number of aryl methyl sites for hydroxylation is 1. The lowest BCUT2D eigenvalue weighted by Gasteiger charge is -2.23. The fourth-order valence-electron chi connectivity index (χ4n) is 3.43. The molecule has 0 radical (unpaired) electrons. The Morgan fingerprint density at radius 1 is 1.19 bits per heavy atom. The number of carbonyl (C=O) groups is 1. The van der Waals surface area contributed by atoms with Gasteiger partial charge in [-0.05, 0) is 31.5 Å². The van der Waals surface area contributed by atoms with Crippen LogP contribution < -0.4 is 4.90 Å². The molecule has 1 saturated heterocycles. The number of H-pyrrole nitrogens is 1. The molecule has 1 amide bonds. The van der Waals surface area contributed by atoms with Gasteiger partial charge in [0, 0.05) is 44.1 Å². The third-order valence-electron chi connectivity index (χ3n) is 4.71. The lowest BCUT2D eigenvalue weighted by Crippen LogP contribution is -2.35. The second-order valence-electron chi connectivity index (χ2n) is 6.53. The van der Waals surface area contributed by atoms with Gasteiger partial charge in [-0.15, -0.1) is 0 Å². The average molecular weight is 361 g/mol. The van der Waals surface area contributed by atoms with Gasteiger partial charge in [0.2, 0.25) is 0 Å². The fraction of sp³-hybridized carbons (Fsp3) is 0.316. The quantitative estimate of drug-likeness (QED) is 0.748. The summed E-state index contributed by atoms with van der Waals surface area (Å²) in [6.45, 7) is 4.48. The predicted molar refractivity (Wildman–Crippen MR) is 100 cm³/mol. The third kappa shape index (κ3) is 3.31. The van der Waals surface area contributed by atoms with Crippen LogP contribution in [0.1, 0.15) is 28.3 Å². The summed E-state index contributed by atoms with van der Waals surface area (Å²) in [6, 6.07) is 7.64. The molecule has 8 nitrogen and oxygen atoms in total. The predicted octanol–water partition coefficient (Wildman–Crippen LogP) is 1.89. The Kier molecular flexibility index (Phi) is 4.42. The van der Waals surface area contributed by atoms with Crippen molar-refractivity contribution in [2.75, 3.05) is 31.1 Å². The number of nitrogens with zero attached hydrogens (tertiary/aromatic N) is 6. The zero-order valence-electron chi connectivity index (χ0n) is 15.0. The molecule has 1 aliphatic heterocycles. The van der Waals surface area contributed by atoms with Crippen LogP contribution in [-0.4, -0.2) is 56.9 Å². The van der Waals surface area contributed by atoms with Gasteiger partial charge in [-0.3, -0.25) is 4.79 Å². The number of imidazole rings is 1. The number of anilines is 1. The molecule has 0 aliphatic carbocycles. The zero-order chi connectivity index (χ0) is 18.8. The lowest BCUT2D eigenvalue weighted by atomic mass is 10.1. The smallest absolute Gasteiger partial charge is 0.253 e. The first-order valence-electron chi connectivity index (χ1n) is 8.87. The minimum atomic E-state index is 0.00524. The van der Waals surface area contributed by atoms with E-state index in [-0.39, 0.29) is 5.91 Å². The molecule has 0 atom stereocenters. The minimum Gasteiger partial charge on any atom is -0.352 e. The maximum absolute atomic E-state index is 13.0. The van der Waals surface area contributed by atoms with Crippen molar-refractivity contribution in [1.29, 1.82) is 5.26 Å². The van der Waals surface area contributed by atoms with E-state index in [2.05, 4.69) is 26.0 Å². The number of nitriles is 1. The Bertz CT molecular complexity index is 1040. The monoisotopic (exact) mass is 361 g/mol. The van der Waals surface area contributed by atoms with Gasteiger partial charge in [0.1, 0.15) is 11.9 Å². The van der Waals surface area contributed by atoms with Crippen molar-refractivity contribution in [1.82, 2.24) is 24.8 Å². The SMILES string of the molecule is Cc1nc2ccc(C(=O)N3CCCN(c4nccnc4C#N)CC3)cc2[nH]1. The first-order valence-corrected chi connectivity index (χ1v) is 8.87. The van der Waals surface area contributed by atoms with E-state index in [1.807, 2.05) is 34.9 Å². The summed E-state index contributed by atoms with van der Waals surface area (Å²) in [7, 11) is 0. The minimum absolute atomic E-state index is 0.00524. The molecule has 3 aromatic rings. The molecule has 1 N–H and O–H groups in total. The highest BCUT2D eigenvalue weighted by atomic mass is 16.2. The number of aromatic nitrogens is 4. The van der Waals surface area contributed by atoms with E-state index in [9.17, 15) is 10.1 Å². The van der Waals surface area contributed by atoms with Gasteiger partial charge >= 0.3 is 0 Å². The molecule has 1 aliphatic rings.